The van der Waals surface area contributed by atoms with Gasteiger partial charge in [-0.05, 0) is 12.1 Å². The summed E-state index contributed by atoms with van der Waals surface area (Å²) in [5.41, 5.74) is 0.295. The first-order chi connectivity index (χ1) is 5.79. The fourth-order valence-electron chi connectivity index (χ4n) is 1.39. The van der Waals surface area contributed by atoms with Crippen molar-refractivity contribution in [2.45, 2.75) is 12.5 Å². The summed E-state index contributed by atoms with van der Waals surface area (Å²) in [7, 11) is 0. The smallest absolute Gasteiger partial charge is 0.132 e. The Balaban J connectivity index is 2.53. The van der Waals surface area contributed by atoms with Crippen LogP contribution in [0.25, 0.3) is 0 Å². The molecule has 1 aromatic carbocycles. The molecule has 0 amide bonds. The summed E-state index contributed by atoms with van der Waals surface area (Å²) in [6, 6.07) is 4.57. The van der Waals surface area contributed by atoms with Crippen molar-refractivity contribution in [3.63, 3.8) is 0 Å². The van der Waals surface area contributed by atoms with Crippen molar-refractivity contribution in [1.82, 2.24) is 0 Å². The molecule has 2 rings (SSSR count). The molecular formula is C9H9FO2. The van der Waals surface area contributed by atoms with E-state index in [9.17, 15) is 9.50 Å². The molecule has 0 saturated heterocycles. The fourth-order valence-corrected chi connectivity index (χ4v) is 1.39. The van der Waals surface area contributed by atoms with E-state index in [1.165, 1.54) is 6.07 Å². The Morgan fingerprint density at radius 3 is 3.08 bits per heavy atom. The van der Waals surface area contributed by atoms with Crippen LogP contribution in [0, 0.1) is 5.82 Å². The van der Waals surface area contributed by atoms with Crippen LogP contribution in [0.4, 0.5) is 4.39 Å². The molecule has 0 saturated carbocycles. The first-order valence-electron chi connectivity index (χ1n) is 3.88. The monoisotopic (exact) mass is 168 g/mol. The van der Waals surface area contributed by atoms with E-state index in [0.717, 1.165) is 0 Å². The summed E-state index contributed by atoms with van der Waals surface area (Å²) in [4.78, 5) is 0. The zero-order valence-electron chi connectivity index (χ0n) is 6.46. The molecule has 0 unspecified atom stereocenters. The predicted octanol–water partition coefficient (Wildman–Crippen LogP) is 1.64. The number of benzene rings is 1. The molecule has 0 spiro atoms. The van der Waals surface area contributed by atoms with Gasteiger partial charge in [-0.1, -0.05) is 6.07 Å². The van der Waals surface area contributed by atoms with Gasteiger partial charge in [0.1, 0.15) is 11.6 Å². The van der Waals surface area contributed by atoms with Gasteiger partial charge in [0.15, 0.2) is 0 Å². The minimum absolute atomic E-state index is 0.295. The van der Waals surface area contributed by atoms with Gasteiger partial charge in [-0.15, -0.1) is 0 Å². The summed E-state index contributed by atoms with van der Waals surface area (Å²) in [5.74, 6) is 0.0773. The lowest BCUT2D eigenvalue weighted by Crippen LogP contribution is -2.15. The highest BCUT2D eigenvalue weighted by Gasteiger charge is 2.22. The van der Waals surface area contributed by atoms with E-state index in [4.69, 9.17) is 4.74 Å². The molecule has 0 radical (unpaired) electrons. The lowest BCUT2D eigenvalue weighted by atomic mass is 10.0. The SMILES string of the molecule is O[C@@H]1CCOc2cccc(F)c21. The van der Waals surface area contributed by atoms with Crippen molar-refractivity contribution in [3.05, 3.63) is 29.6 Å². The normalized spacial score (nSPS) is 21.3. The maximum absolute atomic E-state index is 13.1. The van der Waals surface area contributed by atoms with E-state index >= 15 is 0 Å². The maximum atomic E-state index is 13.1. The number of hydrogen-bond acceptors (Lipinski definition) is 2. The van der Waals surface area contributed by atoms with Gasteiger partial charge in [0.2, 0.25) is 0 Å². The average molecular weight is 168 g/mol. The van der Waals surface area contributed by atoms with Crippen LogP contribution in [0.3, 0.4) is 0 Å². The van der Waals surface area contributed by atoms with E-state index in [1.54, 1.807) is 12.1 Å². The first-order valence-corrected chi connectivity index (χ1v) is 3.88. The van der Waals surface area contributed by atoms with Crippen LogP contribution >= 0.6 is 0 Å². The van der Waals surface area contributed by atoms with Crippen molar-refractivity contribution < 1.29 is 14.2 Å². The van der Waals surface area contributed by atoms with Crippen LogP contribution in [-0.2, 0) is 0 Å². The molecule has 0 aromatic heterocycles. The number of halogens is 1. The van der Waals surface area contributed by atoms with Gasteiger partial charge in [-0.3, -0.25) is 0 Å². The van der Waals surface area contributed by atoms with Crippen molar-refractivity contribution >= 4 is 0 Å². The molecular weight excluding hydrogens is 159 g/mol. The molecule has 12 heavy (non-hydrogen) atoms. The minimum atomic E-state index is -0.713. The molecule has 0 aliphatic carbocycles. The maximum Gasteiger partial charge on any atom is 0.132 e. The lowest BCUT2D eigenvalue weighted by Gasteiger charge is -2.21. The second-order valence-corrected chi connectivity index (χ2v) is 2.80. The Labute approximate surface area is 69.6 Å². The van der Waals surface area contributed by atoms with Crippen molar-refractivity contribution in [2.75, 3.05) is 6.61 Å². The summed E-state index contributed by atoms with van der Waals surface area (Å²) >= 11 is 0. The zero-order valence-corrected chi connectivity index (χ0v) is 6.46. The summed E-state index contributed by atoms with van der Waals surface area (Å²) in [6.45, 7) is 0.456. The molecule has 1 aromatic rings. The Hall–Kier alpha value is -1.09. The molecule has 3 heteroatoms. The molecule has 1 aliphatic rings. The third-order valence-electron chi connectivity index (χ3n) is 1.99. The molecule has 1 aliphatic heterocycles. The number of fused-ring (bicyclic) bond motifs is 1. The van der Waals surface area contributed by atoms with Crippen molar-refractivity contribution in [1.29, 1.82) is 0 Å². The molecule has 1 N–H and O–H groups in total. The van der Waals surface area contributed by atoms with E-state index < -0.39 is 6.10 Å². The second kappa shape index (κ2) is 2.75. The number of aliphatic hydroxyl groups excluding tert-OH is 1. The van der Waals surface area contributed by atoms with Crippen LogP contribution in [0.1, 0.15) is 18.1 Å². The fraction of sp³-hybridized carbons (Fsp3) is 0.333. The first kappa shape index (κ1) is 7.55. The van der Waals surface area contributed by atoms with Crippen LogP contribution in [-0.4, -0.2) is 11.7 Å². The van der Waals surface area contributed by atoms with Gasteiger partial charge in [0.05, 0.1) is 18.3 Å². The molecule has 0 fully saturated rings. The van der Waals surface area contributed by atoms with Crippen LogP contribution in [0.15, 0.2) is 18.2 Å². The van der Waals surface area contributed by atoms with Gasteiger partial charge in [-0.2, -0.15) is 0 Å². The van der Waals surface area contributed by atoms with Crippen LogP contribution in [0.2, 0.25) is 0 Å². The van der Waals surface area contributed by atoms with Gasteiger partial charge >= 0.3 is 0 Å². The lowest BCUT2D eigenvalue weighted by molar-refractivity contribution is 0.111. The van der Waals surface area contributed by atoms with Crippen molar-refractivity contribution in [2.24, 2.45) is 0 Å². The molecule has 1 atom stereocenters. The van der Waals surface area contributed by atoms with Gasteiger partial charge in [0.25, 0.3) is 0 Å². The van der Waals surface area contributed by atoms with Crippen LogP contribution in [0.5, 0.6) is 5.75 Å². The largest absolute Gasteiger partial charge is 0.493 e. The van der Waals surface area contributed by atoms with Gasteiger partial charge < -0.3 is 9.84 Å². The van der Waals surface area contributed by atoms with E-state index in [0.29, 0.717) is 24.3 Å². The van der Waals surface area contributed by atoms with Gasteiger partial charge in [0, 0.05) is 6.42 Å². The highest BCUT2D eigenvalue weighted by Crippen LogP contribution is 2.33. The molecule has 64 valence electrons. The predicted molar refractivity (Wildman–Crippen MR) is 41.5 cm³/mol. The Morgan fingerprint density at radius 1 is 1.50 bits per heavy atom. The van der Waals surface area contributed by atoms with E-state index in [-0.39, 0.29) is 5.82 Å². The Kier molecular flexibility index (Phi) is 1.73. The Bertz CT molecular complexity index is 299. The summed E-state index contributed by atoms with van der Waals surface area (Å²) < 4.78 is 18.3. The second-order valence-electron chi connectivity index (χ2n) is 2.80. The zero-order chi connectivity index (χ0) is 8.55. The topological polar surface area (TPSA) is 29.5 Å². The highest BCUT2D eigenvalue weighted by molar-refractivity contribution is 5.37. The number of aliphatic hydroxyl groups is 1. The summed E-state index contributed by atoms with van der Waals surface area (Å²) in [5, 5.41) is 9.42. The average Bonchev–Trinajstić information content (AvgIpc) is 2.04. The van der Waals surface area contributed by atoms with Gasteiger partial charge in [-0.25, -0.2) is 4.39 Å². The van der Waals surface area contributed by atoms with E-state index in [2.05, 4.69) is 0 Å². The standard InChI is InChI=1S/C9H9FO2/c10-6-2-1-3-8-9(6)7(11)4-5-12-8/h1-3,7,11H,4-5H2/t7-/m1/s1. The number of rotatable bonds is 0. The molecule has 0 bridgehead atoms. The molecule has 2 nitrogen and oxygen atoms in total. The Morgan fingerprint density at radius 2 is 2.33 bits per heavy atom. The number of hydrogen-bond donors (Lipinski definition) is 1. The van der Waals surface area contributed by atoms with E-state index in [1.807, 2.05) is 0 Å². The quantitative estimate of drug-likeness (QED) is 0.638. The molecule has 1 heterocycles. The van der Waals surface area contributed by atoms with Crippen molar-refractivity contribution in [3.8, 4) is 5.75 Å². The third-order valence-corrected chi connectivity index (χ3v) is 1.99. The summed E-state index contributed by atoms with van der Waals surface area (Å²) in [6.07, 6.45) is -0.247. The minimum Gasteiger partial charge on any atom is -0.493 e. The van der Waals surface area contributed by atoms with Crippen LogP contribution < -0.4 is 4.74 Å². The number of ether oxygens (including phenoxy) is 1. The highest BCUT2D eigenvalue weighted by atomic mass is 19.1. The third kappa shape index (κ3) is 1.06.